The van der Waals surface area contributed by atoms with Crippen LogP contribution in [0.25, 0.3) is 16.6 Å². The number of nitrogens with zero attached hydrogens (tertiary/aromatic N) is 6. The molecule has 6 rings (SSSR count). The maximum absolute atomic E-state index is 14.1. The quantitative estimate of drug-likeness (QED) is 0.349. The fourth-order valence-electron chi connectivity index (χ4n) is 6.32. The number of likely N-dealkylation sites (tertiary alicyclic amines) is 1. The number of halogens is 3. The third-order valence-electron chi connectivity index (χ3n) is 8.40. The lowest BCUT2D eigenvalue weighted by Crippen LogP contribution is -2.38. The van der Waals surface area contributed by atoms with Gasteiger partial charge in [0.2, 0.25) is 0 Å². The van der Waals surface area contributed by atoms with Gasteiger partial charge in [-0.2, -0.15) is 13.2 Å². The van der Waals surface area contributed by atoms with Gasteiger partial charge < -0.3 is 4.57 Å². The van der Waals surface area contributed by atoms with Crippen LogP contribution in [0.1, 0.15) is 61.5 Å². The monoisotopic (exact) mass is 536 g/mol. The minimum atomic E-state index is -4.62. The van der Waals surface area contributed by atoms with E-state index in [0.29, 0.717) is 23.7 Å². The molecule has 1 aliphatic heterocycles. The van der Waals surface area contributed by atoms with E-state index in [-0.39, 0.29) is 16.3 Å². The van der Waals surface area contributed by atoms with Crippen LogP contribution in [0.5, 0.6) is 0 Å². The van der Waals surface area contributed by atoms with Gasteiger partial charge in [0, 0.05) is 20.1 Å². The number of fused-ring (bicyclic) bond motifs is 1. The van der Waals surface area contributed by atoms with E-state index in [1.54, 1.807) is 18.5 Å². The van der Waals surface area contributed by atoms with Gasteiger partial charge in [0.15, 0.2) is 0 Å². The molecule has 7 nitrogen and oxygen atoms in total. The van der Waals surface area contributed by atoms with Gasteiger partial charge in [-0.3, -0.25) is 14.3 Å². The molecule has 3 heterocycles. The molecule has 4 aromatic rings. The molecule has 1 aliphatic carbocycles. The van der Waals surface area contributed by atoms with Gasteiger partial charge in [-0.1, -0.05) is 25.5 Å². The third kappa shape index (κ3) is 4.54. The smallest absolute Gasteiger partial charge is 0.320 e. The van der Waals surface area contributed by atoms with Gasteiger partial charge in [0.05, 0.1) is 27.6 Å². The maximum atomic E-state index is 14.1. The molecule has 2 aromatic carbocycles. The Kier molecular flexibility index (Phi) is 6.32. The lowest BCUT2D eigenvalue weighted by Gasteiger charge is -2.41. The molecule has 0 amide bonds. The first-order chi connectivity index (χ1) is 18.7. The number of piperidine rings is 1. The first-order valence-electron chi connectivity index (χ1n) is 13.4. The lowest BCUT2D eigenvalue weighted by molar-refractivity contribution is -0.136. The molecule has 0 radical (unpaired) electrons. The zero-order valence-electron chi connectivity index (χ0n) is 22.1. The van der Waals surface area contributed by atoms with Crippen LogP contribution in [0.2, 0.25) is 0 Å². The average Bonchev–Trinajstić information content (AvgIpc) is 3.29. The molecular weight excluding hydrogens is 505 g/mol. The Morgan fingerprint density at radius 3 is 2.59 bits per heavy atom. The first-order valence-corrected chi connectivity index (χ1v) is 13.4. The average molecular weight is 537 g/mol. The maximum Gasteiger partial charge on any atom is 0.418 e. The largest absolute Gasteiger partial charge is 0.418 e. The number of benzene rings is 2. The van der Waals surface area contributed by atoms with Crippen LogP contribution >= 0.6 is 0 Å². The lowest BCUT2D eigenvalue weighted by atomic mass is 9.63. The van der Waals surface area contributed by atoms with E-state index in [1.165, 1.54) is 10.9 Å². The standard InChI is InChI=1S/C29H31F3N6O/c1-19-6-4-11-37(15-19)16-20-12-23-25(24(13-20)29(30,31)32)33-17-38(26(23)39)22-8-3-7-21(14-22)28(9-5-10-28)27-35-34-18-36(27)2/h3,7-8,12-14,17-19H,4-6,9-11,15-16H2,1-2H3/t19-/m0/s1. The predicted octanol–water partition coefficient (Wildman–Crippen LogP) is 5.23. The van der Waals surface area contributed by atoms with Crippen LogP contribution in [-0.2, 0) is 25.2 Å². The Balaban J connectivity index is 1.44. The van der Waals surface area contributed by atoms with Crippen molar-refractivity contribution in [3.8, 4) is 5.69 Å². The van der Waals surface area contributed by atoms with Gasteiger partial charge in [-0.15, -0.1) is 10.2 Å². The summed E-state index contributed by atoms with van der Waals surface area (Å²) in [6, 6.07) is 10.3. The van der Waals surface area contributed by atoms with Crippen molar-refractivity contribution >= 4 is 10.9 Å². The van der Waals surface area contributed by atoms with Crippen molar-refractivity contribution in [2.75, 3.05) is 13.1 Å². The summed E-state index contributed by atoms with van der Waals surface area (Å²) in [6.07, 6.45) is 3.25. The van der Waals surface area contributed by atoms with Crippen molar-refractivity contribution in [1.29, 1.82) is 0 Å². The van der Waals surface area contributed by atoms with E-state index in [1.807, 2.05) is 29.8 Å². The molecule has 0 unspecified atom stereocenters. The second kappa shape index (κ2) is 9.59. The molecule has 1 atom stereocenters. The number of aryl methyl sites for hydroxylation is 1. The van der Waals surface area contributed by atoms with Crippen LogP contribution in [0.3, 0.4) is 0 Å². The highest BCUT2D eigenvalue weighted by atomic mass is 19.4. The van der Waals surface area contributed by atoms with E-state index in [0.717, 1.165) is 62.6 Å². The number of hydrogen-bond acceptors (Lipinski definition) is 5. The Labute approximate surface area is 224 Å². The number of hydrogen-bond donors (Lipinski definition) is 0. The molecule has 2 aliphatic rings. The number of aromatic nitrogens is 5. The molecule has 39 heavy (non-hydrogen) atoms. The van der Waals surface area contributed by atoms with E-state index >= 15 is 0 Å². The molecule has 2 aromatic heterocycles. The highest BCUT2D eigenvalue weighted by Gasteiger charge is 2.44. The summed E-state index contributed by atoms with van der Waals surface area (Å²) in [7, 11) is 1.91. The van der Waals surface area contributed by atoms with E-state index in [9.17, 15) is 18.0 Å². The normalized spacial score (nSPS) is 19.8. The Hall–Kier alpha value is -3.53. The summed E-state index contributed by atoms with van der Waals surface area (Å²) in [6.45, 7) is 4.19. The van der Waals surface area contributed by atoms with Gasteiger partial charge >= 0.3 is 6.18 Å². The van der Waals surface area contributed by atoms with Gasteiger partial charge in [0.25, 0.3) is 5.56 Å². The molecule has 204 valence electrons. The Bertz CT molecular complexity index is 1590. The summed E-state index contributed by atoms with van der Waals surface area (Å²) in [5.41, 5.74) is 0.0291. The fourth-order valence-corrected chi connectivity index (χ4v) is 6.32. The van der Waals surface area contributed by atoms with E-state index < -0.39 is 17.3 Å². The van der Waals surface area contributed by atoms with Gasteiger partial charge in [0.1, 0.15) is 18.5 Å². The molecule has 1 saturated heterocycles. The minimum Gasteiger partial charge on any atom is -0.320 e. The summed E-state index contributed by atoms with van der Waals surface area (Å²) in [5, 5.41) is 8.40. The van der Waals surface area contributed by atoms with Gasteiger partial charge in [-0.25, -0.2) is 4.98 Å². The zero-order chi connectivity index (χ0) is 27.4. The minimum absolute atomic E-state index is 0.0237. The first kappa shape index (κ1) is 25.7. The second-order valence-electron chi connectivity index (χ2n) is 11.2. The molecule has 1 saturated carbocycles. The van der Waals surface area contributed by atoms with Crippen LogP contribution in [0.4, 0.5) is 13.2 Å². The Morgan fingerprint density at radius 2 is 1.92 bits per heavy atom. The summed E-state index contributed by atoms with van der Waals surface area (Å²) >= 11 is 0. The molecule has 10 heteroatoms. The van der Waals surface area contributed by atoms with E-state index in [2.05, 4.69) is 27.0 Å². The van der Waals surface area contributed by atoms with Crippen LogP contribution in [0.15, 0.2) is 53.8 Å². The molecule has 2 fully saturated rings. The van der Waals surface area contributed by atoms with E-state index in [4.69, 9.17) is 0 Å². The predicted molar refractivity (Wildman–Crippen MR) is 142 cm³/mol. The topological polar surface area (TPSA) is 68.8 Å². The third-order valence-corrected chi connectivity index (χ3v) is 8.40. The molecular formula is C29H31F3N6O. The zero-order valence-corrected chi connectivity index (χ0v) is 22.1. The summed E-state index contributed by atoms with van der Waals surface area (Å²) < 4.78 is 45.6. The number of alkyl halides is 3. The highest BCUT2D eigenvalue weighted by Crippen LogP contribution is 2.48. The second-order valence-corrected chi connectivity index (χ2v) is 11.2. The van der Waals surface area contributed by atoms with Crippen molar-refractivity contribution < 1.29 is 13.2 Å². The molecule has 0 spiro atoms. The van der Waals surface area contributed by atoms with Crippen LogP contribution in [-0.4, -0.2) is 42.3 Å². The van der Waals surface area contributed by atoms with Crippen molar-refractivity contribution in [2.45, 2.75) is 57.2 Å². The molecule has 0 N–H and O–H groups in total. The fraction of sp³-hybridized carbons (Fsp3) is 0.448. The van der Waals surface area contributed by atoms with Crippen molar-refractivity contribution in [1.82, 2.24) is 29.2 Å². The van der Waals surface area contributed by atoms with Gasteiger partial charge in [-0.05, 0) is 73.5 Å². The summed E-state index contributed by atoms with van der Waals surface area (Å²) in [4.78, 5) is 20.1. The van der Waals surface area contributed by atoms with Crippen molar-refractivity contribution in [3.05, 3.63) is 81.9 Å². The molecule has 0 bridgehead atoms. The SMILES string of the molecule is C[C@H]1CCCN(Cc2cc(C(F)(F)F)c3ncn(-c4cccc(C5(c6nncn6C)CCC5)c4)c(=O)c3c2)C1. The van der Waals surface area contributed by atoms with Crippen LogP contribution in [0, 0.1) is 5.92 Å². The Morgan fingerprint density at radius 1 is 1.10 bits per heavy atom. The van der Waals surface area contributed by atoms with Crippen molar-refractivity contribution in [3.63, 3.8) is 0 Å². The summed E-state index contributed by atoms with van der Waals surface area (Å²) in [5.74, 6) is 1.36. The highest BCUT2D eigenvalue weighted by molar-refractivity contribution is 5.82. The van der Waals surface area contributed by atoms with Crippen LogP contribution < -0.4 is 5.56 Å². The van der Waals surface area contributed by atoms with Crippen molar-refractivity contribution in [2.24, 2.45) is 13.0 Å². The number of rotatable bonds is 5.